The van der Waals surface area contributed by atoms with Crippen LogP contribution in [0, 0.1) is 13.8 Å². The number of nitrogens with zero attached hydrogens (tertiary/aromatic N) is 1. The van der Waals surface area contributed by atoms with Crippen LogP contribution < -0.4 is 14.4 Å². The molecule has 1 heterocycles. The van der Waals surface area contributed by atoms with Gasteiger partial charge >= 0.3 is 0 Å². The second-order valence-electron chi connectivity index (χ2n) is 7.73. The van der Waals surface area contributed by atoms with Crippen molar-refractivity contribution < 1.29 is 14.3 Å². The van der Waals surface area contributed by atoms with Crippen LogP contribution in [0.25, 0.3) is 6.08 Å². The summed E-state index contributed by atoms with van der Waals surface area (Å²) < 4.78 is 13.9. The fraction of sp³-hybridized carbons (Fsp3) is 0.154. The predicted octanol–water partition coefficient (Wildman–Crippen LogP) is 7.82. The quantitative estimate of drug-likeness (QED) is 0.208. The molecule has 0 bridgehead atoms. The number of benzene rings is 3. The topological polar surface area (TPSA) is 38.8 Å². The van der Waals surface area contributed by atoms with Crippen molar-refractivity contribution in [3.8, 4) is 11.5 Å². The van der Waals surface area contributed by atoms with Gasteiger partial charge in [0.15, 0.2) is 15.8 Å². The van der Waals surface area contributed by atoms with Crippen molar-refractivity contribution in [1.82, 2.24) is 0 Å². The van der Waals surface area contributed by atoms with E-state index in [0.717, 1.165) is 31.3 Å². The molecule has 1 amide bonds. The number of ether oxygens (including phenoxy) is 2. The van der Waals surface area contributed by atoms with Crippen molar-refractivity contribution in [1.29, 1.82) is 0 Å². The molecule has 34 heavy (non-hydrogen) atoms. The highest BCUT2D eigenvalue weighted by molar-refractivity contribution is 9.10. The van der Waals surface area contributed by atoms with Gasteiger partial charge in [-0.15, -0.1) is 0 Å². The van der Waals surface area contributed by atoms with E-state index in [-0.39, 0.29) is 5.91 Å². The fourth-order valence-electron chi connectivity index (χ4n) is 3.41. The summed E-state index contributed by atoms with van der Waals surface area (Å²) in [5.74, 6) is 1.04. The molecule has 0 saturated carbocycles. The third kappa shape index (κ3) is 5.40. The Balaban J connectivity index is 1.58. The van der Waals surface area contributed by atoms with Crippen molar-refractivity contribution in [2.75, 3.05) is 12.0 Å². The van der Waals surface area contributed by atoms with Crippen LogP contribution in [-0.2, 0) is 11.4 Å². The largest absolute Gasteiger partial charge is 0.493 e. The zero-order chi connectivity index (χ0) is 24.4. The Bertz CT molecular complexity index is 1310. The van der Waals surface area contributed by atoms with Gasteiger partial charge in [-0.3, -0.25) is 9.69 Å². The normalized spacial score (nSPS) is 14.7. The molecule has 1 aliphatic heterocycles. The molecule has 8 heteroatoms. The van der Waals surface area contributed by atoms with Crippen molar-refractivity contribution in [2.45, 2.75) is 20.5 Å². The van der Waals surface area contributed by atoms with E-state index >= 15 is 0 Å². The van der Waals surface area contributed by atoms with E-state index in [9.17, 15) is 4.79 Å². The Morgan fingerprint density at radius 3 is 2.44 bits per heavy atom. The molecule has 1 saturated heterocycles. The third-order valence-electron chi connectivity index (χ3n) is 5.39. The first-order chi connectivity index (χ1) is 16.3. The van der Waals surface area contributed by atoms with Gasteiger partial charge in [0.2, 0.25) is 0 Å². The molecule has 0 N–H and O–H groups in total. The number of amides is 1. The van der Waals surface area contributed by atoms with E-state index in [1.54, 1.807) is 12.0 Å². The monoisotopic (exact) mass is 617 g/mol. The molecule has 3 aromatic carbocycles. The number of carbonyl (C=O) groups excluding carboxylic acids is 1. The van der Waals surface area contributed by atoms with E-state index in [0.29, 0.717) is 27.3 Å². The summed E-state index contributed by atoms with van der Waals surface area (Å²) in [5.41, 5.74) is 4.91. The van der Waals surface area contributed by atoms with E-state index in [2.05, 4.69) is 31.9 Å². The number of methoxy groups -OCH3 is 1. The Morgan fingerprint density at radius 2 is 1.76 bits per heavy atom. The molecule has 174 valence electrons. The van der Waals surface area contributed by atoms with Crippen LogP contribution in [0.2, 0.25) is 0 Å². The summed E-state index contributed by atoms with van der Waals surface area (Å²) >= 11 is 13.8. The van der Waals surface area contributed by atoms with Gasteiger partial charge in [-0.2, -0.15) is 0 Å². The number of hydrogen-bond donors (Lipinski definition) is 0. The highest BCUT2D eigenvalue weighted by Gasteiger charge is 2.33. The van der Waals surface area contributed by atoms with Crippen LogP contribution in [0.15, 0.2) is 68.4 Å². The number of anilines is 1. The Hall–Kier alpha value is -2.13. The zero-order valence-corrected chi connectivity index (χ0v) is 23.5. The van der Waals surface area contributed by atoms with Gasteiger partial charge in [-0.25, -0.2) is 0 Å². The van der Waals surface area contributed by atoms with Crippen LogP contribution >= 0.6 is 55.8 Å². The fourth-order valence-corrected chi connectivity index (χ4v) is 5.54. The van der Waals surface area contributed by atoms with E-state index < -0.39 is 0 Å². The molecule has 0 unspecified atom stereocenters. The van der Waals surface area contributed by atoms with E-state index in [1.807, 2.05) is 74.5 Å². The van der Waals surface area contributed by atoms with Gasteiger partial charge in [-0.05, 0) is 94.5 Å². The van der Waals surface area contributed by atoms with Crippen molar-refractivity contribution >= 4 is 77.8 Å². The lowest BCUT2D eigenvalue weighted by molar-refractivity contribution is -0.113. The molecular weight excluding hydrogens is 598 g/mol. The molecule has 4 nitrogen and oxygen atoms in total. The van der Waals surface area contributed by atoms with Crippen molar-refractivity contribution in [3.63, 3.8) is 0 Å². The highest BCUT2D eigenvalue weighted by Crippen LogP contribution is 2.40. The molecular formula is C26H21Br2NO3S2. The number of halogens is 2. The van der Waals surface area contributed by atoms with Gasteiger partial charge in [0.25, 0.3) is 5.91 Å². The number of aryl methyl sites for hydroxylation is 2. The molecule has 1 aliphatic rings. The smallest absolute Gasteiger partial charge is 0.270 e. The SMILES string of the molecule is COc1cc(/C=C2/SC(=S)N(c3ccc(C)c(C)c3)C2=O)cc(Br)c1OCc1ccc(Br)cc1. The first-order valence-corrected chi connectivity index (χ1v) is 13.2. The summed E-state index contributed by atoms with van der Waals surface area (Å²) in [6.07, 6.45) is 1.83. The first kappa shape index (κ1) is 25.0. The third-order valence-corrected chi connectivity index (χ3v) is 7.81. The summed E-state index contributed by atoms with van der Waals surface area (Å²) in [6.45, 7) is 4.47. The van der Waals surface area contributed by atoms with E-state index in [1.165, 1.54) is 17.3 Å². The maximum absolute atomic E-state index is 13.2. The standard InChI is InChI=1S/C26H21Br2NO3S2/c1-15-4-9-20(10-16(15)2)29-25(30)23(34-26(29)33)13-18-11-21(28)24(22(12-18)31-3)32-14-17-5-7-19(27)8-6-17/h4-13H,14H2,1-3H3/b23-13+. The maximum atomic E-state index is 13.2. The van der Waals surface area contributed by atoms with Crippen LogP contribution in [0.5, 0.6) is 11.5 Å². The molecule has 0 spiro atoms. The Morgan fingerprint density at radius 1 is 1.03 bits per heavy atom. The van der Waals surface area contributed by atoms with Gasteiger partial charge in [0.05, 0.1) is 22.2 Å². The predicted molar refractivity (Wildman–Crippen MR) is 151 cm³/mol. The van der Waals surface area contributed by atoms with Gasteiger partial charge in [0.1, 0.15) is 6.61 Å². The number of rotatable bonds is 6. The van der Waals surface area contributed by atoms with Crippen molar-refractivity contribution in [2.24, 2.45) is 0 Å². The first-order valence-electron chi connectivity index (χ1n) is 10.4. The van der Waals surface area contributed by atoms with Crippen LogP contribution in [-0.4, -0.2) is 17.3 Å². The van der Waals surface area contributed by atoms with Crippen molar-refractivity contribution in [3.05, 3.63) is 90.7 Å². The number of carbonyl (C=O) groups is 1. The average Bonchev–Trinajstić information content (AvgIpc) is 3.08. The van der Waals surface area contributed by atoms with Crippen LogP contribution in [0.3, 0.4) is 0 Å². The van der Waals surface area contributed by atoms with Gasteiger partial charge < -0.3 is 9.47 Å². The Labute approximate surface area is 225 Å². The van der Waals surface area contributed by atoms with E-state index in [4.69, 9.17) is 21.7 Å². The highest BCUT2D eigenvalue weighted by atomic mass is 79.9. The second kappa shape index (κ2) is 10.6. The maximum Gasteiger partial charge on any atom is 0.270 e. The average molecular weight is 619 g/mol. The number of thiocarbonyl (C=S) groups is 1. The molecule has 3 aromatic rings. The molecule has 0 aromatic heterocycles. The molecule has 0 aliphatic carbocycles. The zero-order valence-electron chi connectivity index (χ0n) is 18.7. The van der Waals surface area contributed by atoms with Gasteiger partial charge in [-0.1, -0.05) is 58.1 Å². The molecule has 1 fully saturated rings. The lowest BCUT2D eigenvalue weighted by Gasteiger charge is -2.16. The Kier molecular flexibility index (Phi) is 7.82. The minimum atomic E-state index is -0.135. The lowest BCUT2D eigenvalue weighted by atomic mass is 10.1. The number of thioether (sulfide) groups is 1. The lowest BCUT2D eigenvalue weighted by Crippen LogP contribution is -2.27. The second-order valence-corrected chi connectivity index (χ2v) is 11.2. The minimum Gasteiger partial charge on any atom is -0.493 e. The van der Waals surface area contributed by atoms with Crippen LogP contribution in [0.4, 0.5) is 5.69 Å². The molecule has 0 atom stereocenters. The summed E-state index contributed by atoms with van der Waals surface area (Å²) in [6, 6.07) is 17.6. The van der Waals surface area contributed by atoms with Gasteiger partial charge in [0, 0.05) is 4.47 Å². The summed E-state index contributed by atoms with van der Waals surface area (Å²) in [5, 5.41) is 0. The number of hydrogen-bond acceptors (Lipinski definition) is 5. The van der Waals surface area contributed by atoms with Crippen LogP contribution in [0.1, 0.15) is 22.3 Å². The summed E-state index contributed by atoms with van der Waals surface area (Å²) in [7, 11) is 1.59. The molecule has 0 radical (unpaired) electrons. The molecule has 4 rings (SSSR count). The minimum absolute atomic E-state index is 0.135. The summed E-state index contributed by atoms with van der Waals surface area (Å²) in [4.78, 5) is 15.3.